The van der Waals surface area contributed by atoms with E-state index in [1.807, 2.05) is 72.8 Å². The number of halogens is 1. The largest absolute Gasteiger partial charge is 0.457 e. The summed E-state index contributed by atoms with van der Waals surface area (Å²) in [6.07, 6.45) is 0. The predicted molar refractivity (Wildman–Crippen MR) is 91.3 cm³/mol. The first kappa shape index (κ1) is 14.6. The van der Waals surface area contributed by atoms with Crippen molar-refractivity contribution in [1.82, 2.24) is 0 Å². The van der Waals surface area contributed by atoms with E-state index in [1.54, 1.807) is 0 Å². The summed E-state index contributed by atoms with van der Waals surface area (Å²) in [5, 5.41) is 0.703. The van der Waals surface area contributed by atoms with E-state index >= 15 is 0 Å². The smallest absolute Gasteiger partial charge is 0.132 e. The van der Waals surface area contributed by atoms with Crippen LogP contribution in [0.2, 0.25) is 5.02 Å². The Balaban J connectivity index is 2.06. The normalized spacial score (nSPS) is 10.5. The van der Waals surface area contributed by atoms with Crippen LogP contribution in [0.1, 0.15) is 5.56 Å². The summed E-state index contributed by atoms with van der Waals surface area (Å²) >= 11 is 6.32. The Bertz CT molecular complexity index is 771. The van der Waals surface area contributed by atoms with Gasteiger partial charge in [0.05, 0.1) is 0 Å². The Labute approximate surface area is 135 Å². The van der Waals surface area contributed by atoms with Gasteiger partial charge in [0, 0.05) is 22.7 Å². The summed E-state index contributed by atoms with van der Waals surface area (Å²) in [5.41, 5.74) is 8.88. The van der Waals surface area contributed by atoms with Crippen molar-refractivity contribution in [3.05, 3.63) is 83.4 Å². The topological polar surface area (TPSA) is 35.2 Å². The molecular weight excluding hydrogens is 294 g/mol. The van der Waals surface area contributed by atoms with Crippen molar-refractivity contribution in [3.63, 3.8) is 0 Å². The van der Waals surface area contributed by atoms with E-state index in [1.165, 1.54) is 0 Å². The monoisotopic (exact) mass is 309 g/mol. The molecule has 0 amide bonds. The Morgan fingerprint density at radius 3 is 2.18 bits per heavy atom. The number of para-hydroxylation sites is 1. The van der Waals surface area contributed by atoms with Gasteiger partial charge >= 0.3 is 0 Å². The zero-order valence-electron chi connectivity index (χ0n) is 12.0. The van der Waals surface area contributed by atoms with Gasteiger partial charge in [-0.2, -0.15) is 0 Å². The lowest BCUT2D eigenvalue weighted by Gasteiger charge is -2.15. The highest BCUT2D eigenvalue weighted by Gasteiger charge is 2.12. The number of hydrogen-bond donors (Lipinski definition) is 1. The molecule has 3 rings (SSSR count). The van der Waals surface area contributed by atoms with E-state index in [9.17, 15) is 0 Å². The Morgan fingerprint density at radius 2 is 1.45 bits per heavy atom. The molecule has 0 spiro atoms. The Morgan fingerprint density at radius 1 is 0.773 bits per heavy atom. The minimum Gasteiger partial charge on any atom is -0.457 e. The molecule has 0 fully saturated rings. The fourth-order valence-electron chi connectivity index (χ4n) is 2.42. The SMILES string of the molecule is NCc1c(Oc2ccccc2)cccc1-c1ccccc1Cl. The van der Waals surface area contributed by atoms with Crippen LogP contribution in [0.5, 0.6) is 11.5 Å². The summed E-state index contributed by atoms with van der Waals surface area (Å²) in [7, 11) is 0. The minimum atomic E-state index is 0.379. The molecule has 0 heterocycles. The van der Waals surface area contributed by atoms with Crippen LogP contribution in [-0.4, -0.2) is 0 Å². The van der Waals surface area contributed by atoms with E-state index in [-0.39, 0.29) is 0 Å². The van der Waals surface area contributed by atoms with Gasteiger partial charge in [0.2, 0.25) is 0 Å². The molecule has 0 aliphatic rings. The van der Waals surface area contributed by atoms with Crippen LogP contribution in [0.4, 0.5) is 0 Å². The van der Waals surface area contributed by atoms with Crippen molar-refractivity contribution in [2.24, 2.45) is 5.73 Å². The highest BCUT2D eigenvalue weighted by atomic mass is 35.5. The fraction of sp³-hybridized carbons (Fsp3) is 0.0526. The van der Waals surface area contributed by atoms with Crippen molar-refractivity contribution in [2.45, 2.75) is 6.54 Å². The van der Waals surface area contributed by atoms with Gasteiger partial charge in [-0.25, -0.2) is 0 Å². The number of ether oxygens (including phenoxy) is 1. The number of hydrogen-bond acceptors (Lipinski definition) is 2. The van der Waals surface area contributed by atoms with E-state index in [0.29, 0.717) is 11.6 Å². The van der Waals surface area contributed by atoms with Crippen molar-refractivity contribution < 1.29 is 4.74 Å². The van der Waals surface area contributed by atoms with E-state index in [0.717, 1.165) is 28.2 Å². The molecule has 0 bridgehead atoms. The van der Waals surface area contributed by atoms with Crippen LogP contribution in [0, 0.1) is 0 Å². The summed E-state index contributed by atoms with van der Waals surface area (Å²) in [5.74, 6) is 1.54. The molecule has 0 saturated heterocycles. The molecule has 22 heavy (non-hydrogen) atoms. The minimum absolute atomic E-state index is 0.379. The van der Waals surface area contributed by atoms with Gasteiger partial charge in [0.25, 0.3) is 0 Å². The van der Waals surface area contributed by atoms with Gasteiger partial charge in [-0.1, -0.05) is 60.1 Å². The van der Waals surface area contributed by atoms with E-state index in [4.69, 9.17) is 22.1 Å². The van der Waals surface area contributed by atoms with Crippen LogP contribution in [0.15, 0.2) is 72.8 Å². The molecule has 0 aromatic heterocycles. The zero-order valence-corrected chi connectivity index (χ0v) is 12.8. The van der Waals surface area contributed by atoms with Crippen molar-refractivity contribution >= 4 is 11.6 Å². The molecular formula is C19H16ClNO. The fourth-order valence-corrected chi connectivity index (χ4v) is 2.66. The third-order valence-corrected chi connectivity index (χ3v) is 3.80. The molecule has 2 nitrogen and oxygen atoms in total. The van der Waals surface area contributed by atoms with Crippen LogP contribution < -0.4 is 10.5 Å². The summed E-state index contributed by atoms with van der Waals surface area (Å²) in [6, 6.07) is 23.3. The standard InChI is InChI=1S/C19H16ClNO/c20-18-11-5-4-9-16(18)15-10-6-12-19(17(15)13-21)22-14-7-2-1-3-8-14/h1-12H,13,21H2. The molecule has 3 aromatic carbocycles. The highest BCUT2D eigenvalue weighted by molar-refractivity contribution is 6.33. The second-order valence-corrected chi connectivity index (χ2v) is 5.29. The van der Waals surface area contributed by atoms with Crippen molar-refractivity contribution in [1.29, 1.82) is 0 Å². The van der Waals surface area contributed by atoms with Crippen molar-refractivity contribution in [2.75, 3.05) is 0 Å². The molecule has 110 valence electrons. The third kappa shape index (κ3) is 2.98. The zero-order chi connectivity index (χ0) is 15.4. The molecule has 0 unspecified atom stereocenters. The summed E-state index contributed by atoms with van der Waals surface area (Å²) in [4.78, 5) is 0. The molecule has 3 heteroatoms. The van der Waals surface area contributed by atoms with Crippen LogP contribution in [0.3, 0.4) is 0 Å². The third-order valence-electron chi connectivity index (χ3n) is 3.47. The van der Waals surface area contributed by atoms with Gasteiger partial charge in [-0.05, 0) is 29.8 Å². The first-order valence-corrected chi connectivity index (χ1v) is 7.47. The first-order valence-electron chi connectivity index (χ1n) is 7.09. The van der Waals surface area contributed by atoms with Crippen LogP contribution in [0.25, 0.3) is 11.1 Å². The number of rotatable bonds is 4. The molecule has 3 aromatic rings. The quantitative estimate of drug-likeness (QED) is 0.713. The average Bonchev–Trinajstić information content (AvgIpc) is 2.56. The van der Waals surface area contributed by atoms with Gasteiger partial charge in [-0.15, -0.1) is 0 Å². The highest BCUT2D eigenvalue weighted by Crippen LogP contribution is 2.36. The Kier molecular flexibility index (Phi) is 4.42. The maximum Gasteiger partial charge on any atom is 0.132 e. The van der Waals surface area contributed by atoms with Gasteiger partial charge in [0.1, 0.15) is 11.5 Å². The molecule has 0 radical (unpaired) electrons. The summed E-state index contributed by atoms with van der Waals surface area (Å²) < 4.78 is 5.98. The van der Waals surface area contributed by atoms with Crippen molar-refractivity contribution in [3.8, 4) is 22.6 Å². The number of benzene rings is 3. The van der Waals surface area contributed by atoms with Crippen LogP contribution >= 0.6 is 11.6 Å². The lowest BCUT2D eigenvalue weighted by molar-refractivity contribution is 0.477. The molecule has 0 aliphatic carbocycles. The van der Waals surface area contributed by atoms with E-state index in [2.05, 4.69) is 0 Å². The molecule has 2 N–H and O–H groups in total. The summed E-state index contributed by atoms with van der Waals surface area (Å²) in [6.45, 7) is 0.379. The number of nitrogens with two attached hydrogens (primary N) is 1. The van der Waals surface area contributed by atoms with Gasteiger partial charge < -0.3 is 10.5 Å². The van der Waals surface area contributed by atoms with E-state index < -0.39 is 0 Å². The predicted octanol–water partition coefficient (Wildman–Crippen LogP) is 5.26. The lowest BCUT2D eigenvalue weighted by atomic mass is 9.99. The second-order valence-electron chi connectivity index (χ2n) is 4.88. The van der Waals surface area contributed by atoms with Crippen LogP contribution in [-0.2, 0) is 6.54 Å². The maximum atomic E-state index is 6.32. The molecule has 0 atom stereocenters. The second kappa shape index (κ2) is 6.65. The molecule has 0 saturated carbocycles. The van der Waals surface area contributed by atoms with Gasteiger partial charge in [-0.3, -0.25) is 0 Å². The first-order chi connectivity index (χ1) is 10.8. The Hall–Kier alpha value is -2.29. The maximum absolute atomic E-state index is 6.32. The molecule has 0 aliphatic heterocycles. The average molecular weight is 310 g/mol. The lowest BCUT2D eigenvalue weighted by Crippen LogP contribution is -2.02. The van der Waals surface area contributed by atoms with Gasteiger partial charge in [0.15, 0.2) is 0 Å².